The molecule has 0 bridgehead atoms. The van der Waals surface area contributed by atoms with E-state index >= 15 is 0 Å². The second-order valence-corrected chi connectivity index (χ2v) is 5.54. The average Bonchev–Trinajstić information content (AvgIpc) is 2.68. The highest BCUT2D eigenvalue weighted by molar-refractivity contribution is 7.15. The summed E-state index contributed by atoms with van der Waals surface area (Å²) < 4.78 is 0. The first-order valence-corrected chi connectivity index (χ1v) is 6.64. The molecule has 0 aliphatic heterocycles. The van der Waals surface area contributed by atoms with E-state index in [2.05, 4.69) is 11.1 Å². The van der Waals surface area contributed by atoms with Gasteiger partial charge in [0.1, 0.15) is 0 Å². The van der Waals surface area contributed by atoms with Crippen molar-refractivity contribution in [2.45, 2.75) is 19.8 Å². The van der Waals surface area contributed by atoms with Crippen LogP contribution in [-0.2, 0) is 0 Å². The maximum atomic E-state index is 8.94. The average molecular weight is 278 g/mol. The molecule has 2 aromatic rings. The van der Waals surface area contributed by atoms with Gasteiger partial charge in [0.05, 0.1) is 17.3 Å². The minimum Gasteiger partial charge on any atom is -0.375 e. The van der Waals surface area contributed by atoms with Crippen molar-refractivity contribution in [1.29, 1.82) is 5.26 Å². The molecule has 2 N–H and O–H groups in total. The highest BCUT2D eigenvalue weighted by atomic mass is 35.5. The SMILES string of the molecule is Cc1nc(N)sc1C(C)c1cc(C#N)ccc1Cl. The number of rotatable bonds is 2. The van der Waals surface area contributed by atoms with Gasteiger partial charge in [-0.3, -0.25) is 0 Å². The summed E-state index contributed by atoms with van der Waals surface area (Å²) in [4.78, 5) is 5.31. The molecule has 0 spiro atoms. The molecule has 0 fully saturated rings. The molecule has 0 aliphatic carbocycles. The second kappa shape index (κ2) is 4.97. The first-order chi connectivity index (χ1) is 8.52. The number of halogens is 1. The summed E-state index contributed by atoms with van der Waals surface area (Å²) >= 11 is 7.67. The normalized spacial score (nSPS) is 12.1. The molecular weight excluding hydrogens is 266 g/mol. The van der Waals surface area contributed by atoms with Gasteiger partial charge in [-0.2, -0.15) is 5.26 Å². The smallest absolute Gasteiger partial charge is 0.180 e. The molecule has 0 radical (unpaired) electrons. The number of thiazole rings is 1. The Bertz CT molecular complexity index is 628. The lowest BCUT2D eigenvalue weighted by Crippen LogP contribution is -1.97. The Morgan fingerprint density at radius 2 is 2.22 bits per heavy atom. The number of nitrogens with zero attached hydrogens (tertiary/aromatic N) is 2. The number of aromatic nitrogens is 1. The van der Waals surface area contributed by atoms with Crippen LogP contribution in [0.4, 0.5) is 5.13 Å². The van der Waals surface area contributed by atoms with E-state index < -0.39 is 0 Å². The Hall–Kier alpha value is -1.57. The molecule has 18 heavy (non-hydrogen) atoms. The zero-order valence-electron chi connectivity index (χ0n) is 10.1. The van der Waals surface area contributed by atoms with Crippen molar-refractivity contribution in [2.24, 2.45) is 0 Å². The Balaban J connectivity index is 2.49. The van der Waals surface area contributed by atoms with Gasteiger partial charge in [0.15, 0.2) is 5.13 Å². The van der Waals surface area contributed by atoms with E-state index in [1.165, 1.54) is 11.3 Å². The number of hydrogen-bond donors (Lipinski definition) is 1. The van der Waals surface area contributed by atoms with Crippen LogP contribution in [0.15, 0.2) is 18.2 Å². The van der Waals surface area contributed by atoms with Crippen LogP contribution >= 0.6 is 22.9 Å². The molecule has 92 valence electrons. The quantitative estimate of drug-likeness (QED) is 0.910. The number of nitriles is 1. The minimum absolute atomic E-state index is 0.0839. The van der Waals surface area contributed by atoms with Crippen molar-refractivity contribution in [3.8, 4) is 6.07 Å². The third kappa shape index (κ3) is 2.33. The van der Waals surface area contributed by atoms with Crippen molar-refractivity contribution in [3.63, 3.8) is 0 Å². The third-order valence-corrected chi connectivity index (χ3v) is 4.35. The summed E-state index contributed by atoms with van der Waals surface area (Å²) in [7, 11) is 0. The molecule has 1 aromatic heterocycles. The van der Waals surface area contributed by atoms with Gasteiger partial charge < -0.3 is 5.73 Å². The summed E-state index contributed by atoms with van der Waals surface area (Å²) in [6, 6.07) is 7.42. The van der Waals surface area contributed by atoms with E-state index in [1.54, 1.807) is 12.1 Å². The maximum absolute atomic E-state index is 8.94. The largest absolute Gasteiger partial charge is 0.375 e. The summed E-state index contributed by atoms with van der Waals surface area (Å²) in [6.07, 6.45) is 0. The van der Waals surface area contributed by atoms with Crippen molar-refractivity contribution in [3.05, 3.63) is 44.9 Å². The maximum Gasteiger partial charge on any atom is 0.180 e. The molecule has 5 heteroatoms. The lowest BCUT2D eigenvalue weighted by atomic mass is 9.97. The summed E-state index contributed by atoms with van der Waals surface area (Å²) in [5, 5.41) is 10.2. The number of nitrogen functional groups attached to an aromatic ring is 1. The van der Waals surface area contributed by atoms with Crippen LogP contribution < -0.4 is 5.73 Å². The molecule has 0 aliphatic rings. The molecule has 0 saturated carbocycles. The van der Waals surface area contributed by atoms with Gasteiger partial charge in [0, 0.05) is 15.8 Å². The van der Waals surface area contributed by atoms with Crippen LogP contribution in [0.1, 0.15) is 34.5 Å². The summed E-state index contributed by atoms with van der Waals surface area (Å²) in [6.45, 7) is 3.98. The van der Waals surface area contributed by atoms with Crippen LogP contribution in [0.2, 0.25) is 5.02 Å². The lowest BCUT2D eigenvalue weighted by molar-refractivity contribution is 0.926. The van der Waals surface area contributed by atoms with E-state index in [1.807, 2.05) is 19.9 Å². The van der Waals surface area contributed by atoms with Crippen LogP contribution in [0.25, 0.3) is 0 Å². The number of hydrogen-bond acceptors (Lipinski definition) is 4. The molecule has 1 heterocycles. The topological polar surface area (TPSA) is 62.7 Å². The lowest BCUT2D eigenvalue weighted by Gasteiger charge is -2.12. The Labute approximate surface area is 115 Å². The summed E-state index contributed by atoms with van der Waals surface area (Å²) in [5.41, 5.74) is 8.17. The second-order valence-electron chi connectivity index (χ2n) is 4.07. The molecule has 0 amide bonds. The highest BCUT2D eigenvalue weighted by Gasteiger charge is 2.18. The van der Waals surface area contributed by atoms with Crippen LogP contribution in [-0.4, -0.2) is 4.98 Å². The third-order valence-electron chi connectivity index (χ3n) is 2.83. The molecule has 1 atom stereocenters. The van der Waals surface area contributed by atoms with E-state index in [9.17, 15) is 0 Å². The van der Waals surface area contributed by atoms with Crippen molar-refractivity contribution in [1.82, 2.24) is 4.98 Å². The number of benzene rings is 1. The predicted molar refractivity (Wildman–Crippen MR) is 74.9 cm³/mol. The monoisotopic (exact) mass is 277 g/mol. The first kappa shape index (κ1) is 12.9. The molecule has 3 nitrogen and oxygen atoms in total. The van der Waals surface area contributed by atoms with Gasteiger partial charge in [-0.05, 0) is 30.7 Å². The van der Waals surface area contributed by atoms with Gasteiger partial charge in [-0.25, -0.2) is 4.98 Å². The Morgan fingerprint density at radius 1 is 1.50 bits per heavy atom. The van der Waals surface area contributed by atoms with Gasteiger partial charge in [-0.1, -0.05) is 18.5 Å². The van der Waals surface area contributed by atoms with Crippen molar-refractivity contribution >= 4 is 28.1 Å². The van der Waals surface area contributed by atoms with Gasteiger partial charge in [0.2, 0.25) is 0 Å². The van der Waals surface area contributed by atoms with E-state index in [0.717, 1.165) is 16.1 Å². The molecular formula is C13H12ClN3S. The van der Waals surface area contributed by atoms with Gasteiger partial charge >= 0.3 is 0 Å². The van der Waals surface area contributed by atoms with Crippen LogP contribution in [0.3, 0.4) is 0 Å². The molecule has 0 saturated heterocycles. The molecule has 2 rings (SSSR count). The molecule has 1 aromatic carbocycles. The van der Waals surface area contributed by atoms with Gasteiger partial charge in [0.25, 0.3) is 0 Å². The van der Waals surface area contributed by atoms with E-state index in [4.69, 9.17) is 22.6 Å². The number of anilines is 1. The fraction of sp³-hybridized carbons (Fsp3) is 0.231. The minimum atomic E-state index is 0.0839. The number of nitrogens with two attached hydrogens (primary N) is 1. The van der Waals surface area contributed by atoms with Crippen LogP contribution in [0.5, 0.6) is 0 Å². The van der Waals surface area contributed by atoms with E-state index in [-0.39, 0.29) is 5.92 Å². The Morgan fingerprint density at radius 3 is 2.78 bits per heavy atom. The predicted octanol–water partition coefficient (Wildman–Crippen LogP) is 3.71. The van der Waals surface area contributed by atoms with Crippen molar-refractivity contribution < 1.29 is 0 Å². The van der Waals surface area contributed by atoms with Gasteiger partial charge in [-0.15, -0.1) is 11.3 Å². The summed E-state index contributed by atoms with van der Waals surface area (Å²) in [5.74, 6) is 0.0839. The Kier molecular flexibility index (Phi) is 3.55. The fourth-order valence-corrected chi connectivity index (χ4v) is 3.10. The standard InChI is InChI=1S/C13H12ClN3S/c1-7(12-8(2)17-13(16)18-12)10-5-9(6-15)3-4-11(10)14/h3-5,7H,1-2H3,(H2,16,17). The van der Waals surface area contributed by atoms with Crippen molar-refractivity contribution in [2.75, 3.05) is 5.73 Å². The zero-order valence-corrected chi connectivity index (χ0v) is 11.6. The number of aryl methyl sites for hydroxylation is 1. The van der Waals surface area contributed by atoms with Crippen LogP contribution in [0, 0.1) is 18.3 Å². The zero-order chi connectivity index (χ0) is 13.3. The first-order valence-electron chi connectivity index (χ1n) is 5.45. The highest BCUT2D eigenvalue weighted by Crippen LogP contribution is 2.36. The fourth-order valence-electron chi connectivity index (χ4n) is 1.92. The molecule has 1 unspecified atom stereocenters. The van der Waals surface area contributed by atoms with E-state index in [0.29, 0.717) is 15.7 Å².